The fourth-order valence-electron chi connectivity index (χ4n) is 4.16. The van der Waals surface area contributed by atoms with Gasteiger partial charge in [-0.05, 0) is 39.4 Å². The van der Waals surface area contributed by atoms with Crippen molar-refractivity contribution >= 4 is 11.9 Å². The molecule has 1 N–H and O–H groups in total. The van der Waals surface area contributed by atoms with Crippen LogP contribution in [0.5, 0.6) is 0 Å². The maximum absolute atomic E-state index is 13.4. The van der Waals surface area contributed by atoms with Gasteiger partial charge in [-0.2, -0.15) is 13.2 Å². The van der Waals surface area contributed by atoms with Gasteiger partial charge in [-0.15, -0.1) is 0 Å². The summed E-state index contributed by atoms with van der Waals surface area (Å²) >= 11 is 0. The SMILES string of the molecule is CN1CCN(C(=O)C2CN(C(=O)NC(C)(C)C)CC2c2cccc(C(F)(F)F)c2)CC1. The number of rotatable bonds is 2. The Morgan fingerprint density at radius 3 is 2.23 bits per heavy atom. The van der Waals surface area contributed by atoms with Crippen LogP contribution in [0.2, 0.25) is 0 Å². The summed E-state index contributed by atoms with van der Waals surface area (Å²) in [5.41, 5.74) is -0.760. The molecular formula is C22H31F3N4O2. The largest absolute Gasteiger partial charge is 0.416 e. The number of nitrogens with zero attached hydrogens (tertiary/aromatic N) is 3. The summed E-state index contributed by atoms with van der Waals surface area (Å²) in [4.78, 5) is 31.6. The minimum absolute atomic E-state index is 0.0958. The highest BCUT2D eigenvalue weighted by atomic mass is 19.4. The standard InChI is InChI=1S/C22H31F3N4O2/c1-21(2,3)26-20(31)29-13-17(15-6-5-7-16(12-15)22(23,24)25)18(14-29)19(30)28-10-8-27(4)9-11-28/h5-7,12,17-18H,8-11,13-14H2,1-4H3,(H,26,31). The summed E-state index contributed by atoms with van der Waals surface area (Å²) in [6.07, 6.45) is -4.46. The fraction of sp³-hybridized carbons (Fsp3) is 0.636. The normalized spacial score (nSPS) is 23.2. The van der Waals surface area contributed by atoms with Crippen LogP contribution in [0.25, 0.3) is 0 Å². The molecule has 0 aliphatic carbocycles. The van der Waals surface area contributed by atoms with Gasteiger partial charge in [-0.1, -0.05) is 18.2 Å². The van der Waals surface area contributed by atoms with Crippen LogP contribution >= 0.6 is 0 Å². The van der Waals surface area contributed by atoms with Gasteiger partial charge in [0.2, 0.25) is 5.91 Å². The molecule has 2 atom stereocenters. The van der Waals surface area contributed by atoms with Crippen molar-refractivity contribution in [2.45, 2.75) is 38.4 Å². The van der Waals surface area contributed by atoms with E-state index in [1.165, 1.54) is 6.07 Å². The van der Waals surface area contributed by atoms with E-state index in [2.05, 4.69) is 10.2 Å². The van der Waals surface area contributed by atoms with Gasteiger partial charge in [-0.3, -0.25) is 4.79 Å². The molecule has 0 saturated carbocycles. The number of hydrogen-bond acceptors (Lipinski definition) is 3. The fourth-order valence-corrected chi connectivity index (χ4v) is 4.16. The average molecular weight is 441 g/mol. The molecule has 172 valence electrons. The Morgan fingerprint density at radius 1 is 1.00 bits per heavy atom. The van der Waals surface area contributed by atoms with Crippen molar-refractivity contribution in [2.24, 2.45) is 5.92 Å². The number of halogens is 3. The van der Waals surface area contributed by atoms with Crippen molar-refractivity contribution < 1.29 is 22.8 Å². The summed E-state index contributed by atoms with van der Waals surface area (Å²) in [7, 11) is 1.99. The number of hydrogen-bond donors (Lipinski definition) is 1. The van der Waals surface area contributed by atoms with Gasteiger partial charge >= 0.3 is 12.2 Å². The molecule has 0 spiro atoms. The molecule has 9 heteroatoms. The maximum atomic E-state index is 13.4. The van der Waals surface area contributed by atoms with E-state index >= 15 is 0 Å². The molecule has 2 fully saturated rings. The summed E-state index contributed by atoms with van der Waals surface area (Å²) < 4.78 is 39.8. The van der Waals surface area contributed by atoms with Crippen LogP contribution < -0.4 is 5.32 Å². The lowest BCUT2D eigenvalue weighted by Gasteiger charge is -2.35. The molecule has 1 aromatic carbocycles. The van der Waals surface area contributed by atoms with E-state index in [0.717, 1.165) is 25.2 Å². The lowest BCUT2D eigenvalue weighted by atomic mass is 9.87. The number of amides is 3. The molecule has 0 aromatic heterocycles. The Hall–Kier alpha value is -2.29. The maximum Gasteiger partial charge on any atom is 0.416 e. The van der Waals surface area contributed by atoms with E-state index in [9.17, 15) is 22.8 Å². The molecule has 31 heavy (non-hydrogen) atoms. The number of nitrogens with one attached hydrogen (secondary N) is 1. The van der Waals surface area contributed by atoms with E-state index in [1.54, 1.807) is 15.9 Å². The van der Waals surface area contributed by atoms with Crippen molar-refractivity contribution in [1.29, 1.82) is 0 Å². The average Bonchev–Trinajstić information content (AvgIpc) is 3.12. The van der Waals surface area contributed by atoms with Gasteiger partial charge in [0.05, 0.1) is 11.5 Å². The molecule has 2 unspecified atom stereocenters. The predicted molar refractivity (Wildman–Crippen MR) is 112 cm³/mol. The van der Waals surface area contributed by atoms with Crippen LogP contribution in [0.15, 0.2) is 24.3 Å². The minimum atomic E-state index is -4.46. The molecule has 2 aliphatic heterocycles. The van der Waals surface area contributed by atoms with Crippen LogP contribution in [0.3, 0.4) is 0 Å². The van der Waals surface area contributed by atoms with Gasteiger partial charge < -0.3 is 20.0 Å². The number of urea groups is 1. The van der Waals surface area contributed by atoms with E-state index in [0.29, 0.717) is 18.7 Å². The summed E-state index contributed by atoms with van der Waals surface area (Å²) in [6, 6.07) is 4.82. The van der Waals surface area contributed by atoms with E-state index in [1.807, 2.05) is 27.8 Å². The Bertz CT molecular complexity index is 814. The second-order valence-electron chi connectivity index (χ2n) is 9.55. The third kappa shape index (κ3) is 5.70. The van der Waals surface area contributed by atoms with Gasteiger partial charge in [-0.25, -0.2) is 4.79 Å². The Morgan fingerprint density at radius 2 is 1.65 bits per heavy atom. The minimum Gasteiger partial charge on any atom is -0.340 e. The Labute approximate surface area is 181 Å². The Balaban J connectivity index is 1.88. The zero-order chi connectivity index (χ0) is 23.0. The topological polar surface area (TPSA) is 55.9 Å². The lowest BCUT2D eigenvalue weighted by Crippen LogP contribution is -2.50. The Kier molecular flexibility index (Phi) is 6.55. The van der Waals surface area contributed by atoms with Crippen LogP contribution in [-0.4, -0.2) is 78.5 Å². The van der Waals surface area contributed by atoms with Gasteiger partial charge in [0.15, 0.2) is 0 Å². The molecule has 2 saturated heterocycles. The first kappa shape index (κ1) is 23.4. The molecule has 6 nitrogen and oxygen atoms in total. The number of likely N-dealkylation sites (N-methyl/N-ethyl adjacent to an activating group) is 1. The van der Waals surface area contributed by atoms with Gasteiger partial charge in [0, 0.05) is 50.7 Å². The highest BCUT2D eigenvalue weighted by Crippen LogP contribution is 2.37. The third-order valence-electron chi connectivity index (χ3n) is 5.86. The number of carbonyl (C=O) groups excluding carboxylic acids is 2. The lowest BCUT2D eigenvalue weighted by molar-refractivity contribution is -0.137. The smallest absolute Gasteiger partial charge is 0.340 e. The van der Waals surface area contributed by atoms with Crippen LogP contribution in [0.4, 0.5) is 18.0 Å². The van der Waals surface area contributed by atoms with Crippen molar-refractivity contribution in [1.82, 2.24) is 20.0 Å². The van der Waals surface area contributed by atoms with Gasteiger partial charge in [0.1, 0.15) is 0 Å². The highest BCUT2D eigenvalue weighted by molar-refractivity contribution is 5.83. The second-order valence-corrected chi connectivity index (χ2v) is 9.55. The first-order valence-electron chi connectivity index (χ1n) is 10.6. The summed E-state index contributed by atoms with van der Waals surface area (Å²) in [5.74, 6) is -1.15. The van der Waals surface area contributed by atoms with Crippen molar-refractivity contribution in [3.8, 4) is 0 Å². The van der Waals surface area contributed by atoms with Crippen molar-refractivity contribution in [3.63, 3.8) is 0 Å². The number of likely N-dealkylation sites (tertiary alicyclic amines) is 1. The molecule has 3 amide bonds. The first-order valence-corrected chi connectivity index (χ1v) is 10.6. The van der Waals surface area contributed by atoms with Gasteiger partial charge in [0.25, 0.3) is 0 Å². The van der Waals surface area contributed by atoms with Crippen molar-refractivity contribution in [2.75, 3.05) is 46.3 Å². The molecule has 2 aliphatic rings. The first-order chi connectivity index (χ1) is 14.3. The van der Waals surface area contributed by atoms with E-state index < -0.39 is 29.1 Å². The van der Waals surface area contributed by atoms with Crippen LogP contribution in [-0.2, 0) is 11.0 Å². The molecule has 1 aromatic rings. The van der Waals surface area contributed by atoms with Crippen LogP contribution in [0, 0.1) is 5.92 Å². The second kappa shape index (κ2) is 8.68. The quantitative estimate of drug-likeness (QED) is 0.769. The monoisotopic (exact) mass is 440 g/mol. The number of piperazine rings is 1. The number of carbonyl (C=O) groups is 2. The predicted octanol–water partition coefficient (Wildman–Crippen LogP) is 3.00. The van der Waals surface area contributed by atoms with E-state index in [-0.39, 0.29) is 25.0 Å². The van der Waals surface area contributed by atoms with Crippen LogP contribution in [0.1, 0.15) is 37.8 Å². The highest BCUT2D eigenvalue weighted by Gasteiger charge is 2.43. The molecule has 0 radical (unpaired) electrons. The molecule has 0 bridgehead atoms. The van der Waals surface area contributed by atoms with Crippen molar-refractivity contribution in [3.05, 3.63) is 35.4 Å². The number of benzene rings is 1. The zero-order valence-electron chi connectivity index (χ0n) is 18.5. The zero-order valence-corrected chi connectivity index (χ0v) is 18.5. The molecule has 2 heterocycles. The van der Waals surface area contributed by atoms with E-state index in [4.69, 9.17) is 0 Å². The summed E-state index contributed by atoms with van der Waals surface area (Å²) in [6.45, 7) is 8.63. The molecular weight excluding hydrogens is 409 g/mol. The third-order valence-corrected chi connectivity index (χ3v) is 5.86. The number of alkyl halides is 3. The summed E-state index contributed by atoms with van der Waals surface area (Å²) in [5, 5.41) is 2.89. The molecule has 3 rings (SSSR count).